The number of aryl methyl sites for hydroxylation is 1. The van der Waals surface area contributed by atoms with Gasteiger partial charge in [0.05, 0.1) is 30.0 Å². The molecular weight excluding hydrogens is 368 g/mol. The Kier molecular flexibility index (Phi) is 7.43. The van der Waals surface area contributed by atoms with Crippen molar-refractivity contribution in [1.29, 1.82) is 0 Å². The molecule has 0 radical (unpaired) electrons. The highest BCUT2D eigenvalue weighted by molar-refractivity contribution is 6.43. The van der Waals surface area contributed by atoms with E-state index in [9.17, 15) is 0 Å². The Balaban J connectivity index is 0.000000220. The minimum absolute atomic E-state index is 0.356. The first kappa shape index (κ1) is 19.0. The van der Waals surface area contributed by atoms with Crippen LogP contribution in [0.25, 0.3) is 0 Å². The second-order valence-corrected chi connectivity index (χ2v) is 5.77. The van der Waals surface area contributed by atoms with Crippen molar-refractivity contribution in [1.82, 2.24) is 0 Å². The van der Waals surface area contributed by atoms with Crippen LogP contribution in [0, 0.1) is 6.92 Å². The Morgan fingerprint density at radius 3 is 1.64 bits per heavy atom. The van der Waals surface area contributed by atoms with Crippen molar-refractivity contribution in [3.63, 3.8) is 0 Å². The maximum atomic E-state index is 5.84. The van der Waals surface area contributed by atoms with Crippen LogP contribution in [0.3, 0.4) is 0 Å². The lowest BCUT2D eigenvalue weighted by Crippen LogP contribution is -1.92. The number of methoxy groups -OCH3 is 2. The summed E-state index contributed by atoms with van der Waals surface area (Å²) < 4.78 is 9.96. The van der Waals surface area contributed by atoms with Gasteiger partial charge in [0.15, 0.2) is 5.75 Å². The lowest BCUT2D eigenvalue weighted by Gasteiger charge is -2.06. The highest BCUT2D eigenvalue weighted by Crippen LogP contribution is 2.36. The molecule has 2 rings (SSSR count). The molecule has 0 spiro atoms. The van der Waals surface area contributed by atoms with Crippen LogP contribution < -0.4 is 15.2 Å². The summed E-state index contributed by atoms with van der Waals surface area (Å²) in [7, 11) is 3.07. The van der Waals surface area contributed by atoms with Crippen molar-refractivity contribution in [2.24, 2.45) is 0 Å². The minimum Gasteiger partial charge on any atom is -0.495 e. The number of ether oxygens (including phenoxy) is 2. The van der Waals surface area contributed by atoms with Gasteiger partial charge in [0.25, 0.3) is 0 Å². The van der Waals surface area contributed by atoms with E-state index < -0.39 is 0 Å². The van der Waals surface area contributed by atoms with Crippen molar-refractivity contribution in [2.75, 3.05) is 20.0 Å². The molecule has 0 bridgehead atoms. The van der Waals surface area contributed by atoms with Crippen LogP contribution in [0.4, 0.5) is 5.69 Å². The lowest BCUT2D eigenvalue weighted by molar-refractivity contribution is 0.412. The van der Waals surface area contributed by atoms with E-state index in [0.717, 1.165) is 5.56 Å². The Morgan fingerprint density at radius 2 is 1.23 bits per heavy atom. The molecule has 0 aliphatic heterocycles. The quantitative estimate of drug-likeness (QED) is 0.658. The fourth-order valence-electron chi connectivity index (χ4n) is 1.63. The number of hydrogen-bond acceptors (Lipinski definition) is 3. The number of halogens is 4. The fourth-order valence-corrected chi connectivity index (χ4v) is 2.47. The second kappa shape index (κ2) is 8.59. The average molecular weight is 383 g/mol. The van der Waals surface area contributed by atoms with Gasteiger partial charge in [0, 0.05) is 0 Å². The highest BCUT2D eigenvalue weighted by Gasteiger charge is 2.08. The molecule has 0 saturated carbocycles. The van der Waals surface area contributed by atoms with Gasteiger partial charge < -0.3 is 15.2 Å². The predicted octanol–water partition coefficient (Wildman–Crippen LogP) is 5.89. The van der Waals surface area contributed by atoms with Gasteiger partial charge in [-0.25, -0.2) is 0 Å². The smallest absolute Gasteiger partial charge is 0.161 e. The predicted molar refractivity (Wildman–Crippen MR) is 95.2 cm³/mol. The standard InChI is InChI=1S/C8H8Cl2O.C7H7Cl2NO/c1-5-3-4-6(9)7(10)8(5)11-2;1-11-7-5(10)3-2-4(8)6(7)9/h3-4H,1-2H3;2-3H,10H2,1H3. The third kappa shape index (κ3) is 4.50. The molecule has 2 aromatic carbocycles. The van der Waals surface area contributed by atoms with E-state index in [0.29, 0.717) is 37.3 Å². The summed E-state index contributed by atoms with van der Waals surface area (Å²) in [6.07, 6.45) is 0. The van der Waals surface area contributed by atoms with Crippen LogP contribution in [0.1, 0.15) is 5.56 Å². The second-order valence-electron chi connectivity index (χ2n) is 4.20. The van der Waals surface area contributed by atoms with Crippen LogP contribution >= 0.6 is 46.4 Å². The summed E-state index contributed by atoms with van der Waals surface area (Å²) >= 11 is 23.1. The van der Waals surface area contributed by atoms with Crippen LogP contribution in [-0.4, -0.2) is 14.2 Å². The summed E-state index contributed by atoms with van der Waals surface area (Å²) in [5.74, 6) is 1.08. The van der Waals surface area contributed by atoms with E-state index in [1.165, 1.54) is 7.11 Å². The summed E-state index contributed by atoms with van der Waals surface area (Å²) in [4.78, 5) is 0. The molecule has 2 aromatic rings. The zero-order chi connectivity index (χ0) is 16.9. The van der Waals surface area contributed by atoms with Crippen molar-refractivity contribution in [3.05, 3.63) is 49.9 Å². The number of anilines is 1. The fraction of sp³-hybridized carbons (Fsp3) is 0.200. The molecule has 0 aliphatic rings. The molecule has 120 valence electrons. The van der Waals surface area contributed by atoms with E-state index in [1.54, 1.807) is 25.3 Å². The van der Waals surface area contributed by atoms with Gasteiger partial charge in [-0.1, -0.05) is 52.5 Å². The number of nitrogen functional groups attached to an aromatic ring is 1. The van der Waals surface area contributed by atoms with Gasteiger partial charge in [0.1, 0.15) is 15.8 Å². The number of nitrogens with two attached hydrogens (primary N) is 1. The van der Waals surface area contributed by atoms with Crippen molar-refractivity contribution >= 4 is 52.1 Å². The van der Waals surface area contributed by atoms with Crippen LogP contribution in [0.2, 0.25) is 20.1 Å². The Labute approximate surface area is 149 Å². The highest BCUT2D eigenvalue weighted by atomic mass is 35.5. The molecule has 2 N–H and O–H groups in total. The summed E-state index contributed by atoms with van der Waals surface area (Å²) in [6.45, 7) is 1.92. The van der Waals surface area contributed by atoms with Crippen molar-refractivity contribution in [3.8, 4) is 11.5 Å². The van der Waals surface area contributed by atoms with Gasteiger partial charge >= 0.3 is 0 Å². The summed E-state index contributed by atoms with van der Waals surface area (Å²) in [5.41, 5.74) is 7.01. The first-order valence-electron chi connectivity index (χ1n) is 6.09. The van der Waals surface area contributed by atoms with Gasteiger partial charge in [-0.05, 0) is 30.7 Å². The molecule has 0 unspecified atom stereocenters. The Morgan fingerprint density at radius 1 is 0.773 bits per heavy atom. The first-order valence-corrected chi connectivity index (χ1v) is 7.60. The molecule has 0 atom stereocenters. The Bertz CT molecular complexity index is 605. The molecule has 0 fully saturated rings. The van der Waals surface area contributed by atoms with E-state index in [2.05, 4.69) is 0 Å². The molecular formula is C15H15Cl4NO2. The van der Waals surface area contributed by atoms with Crippen LogP contribution in [0.15, 0.2) is 24.3 Å². The zero-order valence-electron chi connectivity index (χ0n) is 12.2. The summed E-state index contributed by atoms with van der Waals surface area (Å²) in [6, 6.07) is 6.89. The average Bonchev–Trinajstić information content (AvgIpc) is 2.49. The number of benzene rings is 2. The minimum atomic E-state index is 0.356. The lowest BCUT2D eigenvalue weighted by atomic mass is 10.2. The third-order valence-corrected chi connectivity index (χ3v) is 4.31. The van der Waals surface area contributed by atoms with E-state index >= 15 is 0 Å². The number of rotatable bonds is 2. The molecule has 0 aliphatic carbocycles. The topological polar surface area (TPSA) is 44.5 Å². The van der Waals surface area contributed by atoms with Crippen molar-refractivity contribution in [2.45, 2.75) is 6.92 Å². The van der Waals surface area contributed by atoms with Crippen LogP contribution in [-0.2, 0) is 0 Å². The first-order chi connectivity index (χ1) is 10.3. The van der Waals surface area contributed by atoms with Gasteiger partial charge in [-0.3, -0.25) is 0 Å². The summed E-state index contributed by atoms with van der Waals surface area (Å²) in [5, 5.41) is 1.80. The third-order valence-electron chi connectivity index (χ3n) is 2.74. The van der Waals surface area contributed by atoms with E-state index in [1.807, 2.05) is 13.0 Å². The molecule has 3 nitrogen and oxygen atoms in total. The SMILES string of the molecule is COc1c(C)ccc(Cl)c1Cl.COc1c(N)ccc(Cl)c1Cl. The molecule has 7 heteroatoms. The molecule has 0 heterocycles. The van der Waals surface area contributed by atoms with Gasteiger partial charge in [0.2, 0.25) is 0 Å². The molecule has 0 saturated heterocycles. The number of hydrogen-bond donors (Lipinski definition) is 1. The van der Waals surface area contributed by atoms with Gasteiger partial charge in [-0.2, -0.15) is 0 Å². The van der Waals surface area contributed by atoms with E-state index in [-0.39, 0.29) is 0 Å². The monoisotopic (exact) mass is 381 g/mol. The molecule has 22 heavy (non-hydrogen) atoms. The normalized spacial score (nSPS) is 9.77. The van der Waals surface area contributed by atoms with Gasteiger partial charge in [-0.15, -0.1) is 0 Å². The molecule has 0 aromatic heterocycles. The largest absolute Gasteiger partial charge is 0.495 e. The maximum absolute atomic E-state index is 5.84. The zero-order valence-corrected chi connectivity index (χ0v) is 15.2. The molecule has 0 amide bonds. The van der Waals surface area contributed by atoms with Crippen molar-refractivity contribution < 1.29 is 9.47 Å². The van der Waals surface area contributed by atoms with Crippen LogP contribution in [0.5, 0.6) is 11.5 Å². The Hall–Kier alpha value is -1.000. The maximum Gasteiger partial charge on any atom is 0.161 e. The van der Waals surface area contributed by atoms with E-state index in [4.69, 9.17) is 61.6 Å².